The van der Waals surface area contributed by atoms with E-state index in [0.29, 0.717) is 0 Å². The van der Waals surface area contributed by atoms with Crippen molar-refractivity contribution in [3.05, 3.63) is 10.1 Å². The number of rotatable bonds is 3. The molecule has 0 N–H and O–H groups in total. The van der Waals surface area contributed by atoms with Crippen molar-refractivity contribution in [2.45, 2.75) is 31.3 Å². The number of methoxy groups -OCH3 is 1. The van der Waals surface area contributed by atoms with Gasteiger partial charge in [0.1, 0.15) is 0 Å². The number of halogens is 2. The van der Waals surface area contributed by atoms with Crippen molar-refractivity contribution >= 4 is 0 Å². The Morgan fingerprint density at radius 1 is 1.69 bits per heavy atom. The van der Waals surface area contributed by atoms with Crippen molar-refractivity contribution in [1.82, 2.24) is 0 Å². The van der Waals surface area contributed by atoms with Crippen molar-refractivity contribution < 1.29 is 23.2 Å². The van der Waals surface area contributed by atoms with E-state index in [9.17, 15) is 18.9 Å². The van der Waals surface area contributed by atoms with Crippen LogP contribution in [0.1, 0.15) is 6.42 Å². The molecule has 3 atom stereocenters. The van der Waals surface area contributed by atoms with Gasteiger partial charge in [-0.2, -0.15) is 0 Å². The van der Waals surface area contributed by atoms with Gasteiger partial charge in [0.25, 0.3) is 6.43 Å². The summed E-state index contributed by atoms with van der Waals surface area (Å²) >= 11 is 0. The maximum Gasteiger partial charge on any atom is 0.271 e. The summed E-state index contributed by atoms with van der Waals surface area (Å²) in [5.41, 5.74) is 0. The lowest BCUT2D eigenvalue weighted by Gasteiger charge is -2.10. The molecule has 7 heteroatoms. The van der Waals surface area contributed by atoms with E-state index < -0.39 is 29.8 Å². The Balaban J connectivity index is 2.65. The zero-order valence-corrected chi connectivity index (χ0v) is 6.85. The molecule has 5 nitrogen and oxygen atoms in total. The monoisotopic (exact) mass is 197 g/mol. The van der Waals surface area contributed by atoms with E-state index in [4.69, 9.17) is 0 Å². The first kappa shape index (κ1) is 10.3. The molecule has 13 heavy (non-hydrogen) atoms. The molecule has 0 aromatic carbocycles. The van der Waals surface area contributed by atoms with Crippen molar-refractivity contribution in [3.63, 3.8) is 0 Å². The summed E-state index contributed by atoms with van der Waals surface area (Å²) in [6.07, 6.45) is -5.52. The summed E-state index contributed by atoms with van der Waals surface area (Å²) in [6.45, 7) is 0. The first-order chi connectivity index (χ1) is 6.06. The third-order valence-corrected chi connectivity index (χ3v) is 1.90. The molecule has 0 aliphatic carbocycles. The maximum atomic E-state index is 12.2. The second-order valence-corrected chi connectivity index (χ2v) is 2.69. The van der Waals surface area contributed by atoms with Crippen LogP contribution in [-0.4, -0.2) is 36.9 Å². The van der Waals surface area contributed by atoms with Gasteiger partial charge in [-0.15, -0.1) is 0 Å². The zero-order chi connectivity index (χ0) is 10.0. The minimum absolute atomic E-state index is 0.126. The third kappa shape index (κ3) is 2.10. The fraction of sp³-hybridized carbons (Fsp3) is 1.00. The fourth-order valence-electron chi connectivity index (χ4n) is 1.24. The molecule has 76 valence electrons. The van der Waals surface area contributed by atoms with Crippen LogP contribution >= 0.6 is 0 Å². The number of nitrogens with zero attached hydrogens (tertiary/aromatic N) is 1. The Morgan fingerprint density at radius 3 is 2.62 bits per heavy atom. The topological polar surface area (TPSA) is 61.6 Å². The molecule has 0 spiro atoms. The van der Waals surface area contributed by atoms with Gasteiger partial charge in [0, 0.05) is 12.0 Å². The van der Waals surface area contributed by atoms with E-state index in [-0.39, 0.29) is 6.42 Å². The number of hydrogen-bond donors (Lipinski definition) is 0. The largest absolute Gasteiger partial charge is 0.356 e. The highest BCUT2D eigenvalue weighted by molar-refractivity contribution is 4.80. The third-order valence-electron chi connectivity index (χ3n) is 1.90. The van der Waals surface area contributed by atoms with Crippen LogP contribution in [0, 0.1) is 10.1 Å². The van der Waals surface area contributed by atoms with Crippen LogP contribution in [0.5, 0.6) is 0 Å². The van der Waals surface area contributed by atoms with Crippen LogP contribution in [-0.2, 0) is 9.47 Å². The fourth-order valence-corrected chi connectivity index (χ4v) is 1.24. The Morgan fingerprint density at radius 2 is 2.31 bits per heavy atom. The van der Waals surface area contributed by atoms with Crippen LogP contribution in [0.2, 0.25) is 0 Å². The lowest BCUT2D eigenvalue weighted by molar-refractivity contribution is -0.529. The smallest absolute Gasteiger partial charge is 0.271 e. The lowest BCUT2D eigenvalue weighted by Crippen LogP contribution is -2.34. The first-order valence-electron chi connectivity index (χ1n) is 3.66. The van der Waals surface area contributed by atoms with Gasteiger partial charge in [0.15, 0.2) is 12.4 Å². The van der Waals surface area contributed by atoms with Gasteiger partial charge in [-0.25, -0.2) is 8.78 Å². The van der Waals surface area contributed by atoms with Gasteiger partial charge in [0.05, 0.1) is 6.42 Å². The van der Waals surface area contributed by atoms with Crippen LogP contribution in [0.4, 0.5) is 8.78 Å². The van der Waals surface area contributed by atoms with E-state index in [1.54, 1.807) is 0 Å². The molecule has 0 bridgehead atoms. The second-order valence-electron chi connectivity index (χ2n) is 2.69. The molecule has 1 rings (SSSR count). The van der Waals surface area contributed by atoms with E-state index in [2.05, 4.69) is 9.47 Å². The minimum Gasteiger partial charge on any atom is -0.356 e. The number of ether oxygens (including phenoxy) is 2. The number of hydrogen-bond acceptors (Lipinski definition) is 4. The van der Waals surface area contributed by atoms with Crippen LogP contribution in [0.3, 0.4) is 0 Å². The van der Waals surface area contributed by atoms with Gasteiger partial charge in [-0.1, -0.05) is 0 Å². The number of nitro groups is 1. The predicted octanol–water partition coefficient (Wildman–Crippen LogP) is 0.658. The van der Waals surface area contributed by atoms with Gasteiger partial charge in [-0.05, 0) is 0 Å². The van der Waals surface area contributed by atoms with E-state index in [1.807, 2.05) is 0 Å². The highest BCUT2D eigenvalue weighted by Gasteiger charge is 2.48. The molecule has 0 saturated carbocycles. The summed E-state index contributed by atoms with van der Waals surface area (Å²) in [6, 6.07) is -1.37. The van der Waals surface area contributed by atoms with Gasteiger partial charge < -0.3 is 9.47 Å². The minimum atomic E-state index is -2.85. The average Bonchev–Trinajstić information content (AvgIpc) is 2.47. The molecule has 1 saturated heterocycles. The summed E-state index contributed by atoms with van der Waals surface area (Å²) in [5.74, 6) is 0. The predicted molar refractivity (Wildman–Crippen MR) is 37.1 cm³/mol. The van der Waals surface area contributed by atoms with Crippen LogP contribution < -0.4 is 0 Å². The Labute approximate surface area is 72.8 Å². The van der Waals surface area contributed by atoms with E-state index >= 15 is 0 Å². The molecule has 0 aromatic heterocycles. The normalized spacial score (nSPS) is 34.0. The molecule has 0 radical (unpaired) electrons. The van der Waals surface area contributed by atoms with E-state index in [1.165, 1.54) is 7.11 Å². The quantitative estimate of drug-likeness (QED) is 0.492. The van der Waals surface area contributed by atoms with Crippen molar-refractivity contribution in [1.29, 1.82) is 0 Å². The SMILES string of the molecule is CO[C@H]1C[C@H]([N+](=O)[O-])C(C(F)F)O1. The van der Waals surface area contributed by atoms with Gasteiger partial charge >= 0.3 is 0 Å². The Bertz CT molecular complexity index is 201. The first-order valence-corrected chi connectivity index (χ1v) is 3.66. The molecular formula is C6H9F2NO4. The van der Waals surface area contributed by atoms with Crippen LogP contribution in [0.15, 0.2) is 0 Å². The molecule has 1 unspecified atom stereocenters. The highest BCUT2D eigenvalue weighted by atomic mass is 19.3. The lowest BCUT2D eigenvalue weighted by atomic mass is 10.1. The standard InChI is InChI=1S/C6H9F2NO4/c1-12-4-2-3(9(10)11)5(13-4)6(7)8/h3-6H,2H2,1H3/t3-,4+,5?/m0/s1. The molecule has 1 aliphatic heterocycles. The van der Waals surface area contributed by atoms with Crippen molar-refractivity contribution in [2.75, 3.05) is 7.11 Å². The molecule has 1 fully saturated rings. The van der Waals surface area contributed by atoms with Crippen molar-refractivity contribution in [2.24, 2.45) is 0 Å². The zero-order valence-electron chi connectivity index (χ0n) is 6.85. The Kier molecular flexibility index (Phi) is 3.10. The van der Waals surface area contributed by atoms with Crippen LogP contribution in [0.25, 0.3) is 0 Å². The second kappa shape index (κ2) is 3.93. The van der Waals surface area contributed by atoms with Gasteiger partial charge in [0.2, 0.25) is 6.04 Å². The molecule has 1 aliphatic rings. The van der Waals surface area contributed by atoms with Gasteiger partial charge in [-0.3, -0.25) is 10.1 Å². The summed E-state index contributed by atoms with van der Waals surface area (Å²) in [4.78, 5) is 9.56. The Hall–Kier alpha value is -0.820. The molecular weight excluding hydrogens is 188 g/mol. The number of alkyl halides is 2. The average molecular weight is 197 g/mol. The van der Waals surface area contributed by atoms with E-state index in [0.717, 1.165) is 0 Å². The molecule has 0 amide bonds. The molecule has 0 aromatic rings. The maximum absolute atomic E-state index is 12.2. The highest BCUT2D eigenvalue weighted by Crippen LogP contribution is 2.27. The summed E-state index contributed by atoms with van der Waals surface area (Å²) in [7, 11) is 1.26. The summed E-state index contributed by atoms with van der Waals surface area (Å²) in [5, 5.41) is 10.3. The molecule has 1 heterocycles. The summed E-state index contributed by atoms with van der Waals surface area (Å²) < 4.78 is 33.6. The van der Waals surface area contributed by atoms with Crippen molar-refractivity contribution in [3.8, 4) is 0 Å².